The number of benzene rings is 1. The van der Waals surface area contributed by atoms with Gasteiger partial charge in [0.15, 0.2) is 0 Å². The van der Waals surface area contributed by atoms with E-state index in [0.717, 1.165) is 13.0 Å². The van der Waals surface area contributed by atoms with Gasteiger partial charge < -0.3 is 10.4 Å². The van der Waals surface area contributed by atoms with Crippen molar-refractivity contribution in [3.63, 3.8) is 0 Å². The summed E-state index contributed by atoms with van der Waals surface area (Å²) in [5.74, 6) is 0.443. The van der Waals surface area contributed by atoms with Crippen LogP contribution in [0.15, 0.2) is 18.2 Å². The van der Waals surface area contributed by atoms with Crippen molar-refractivity contribution in [1.29, 1.82) is 0 Å². The molecule has 86 valence electrons. The van der Waals surface area contributed by atoms with E-state index in [-0.39, 0.29) is 0 Å². The van der Waals surface area contributed by atoms with Crippen molar-refractivity contribution in [3.8, 4) is 0 Å². The lowest BCUT2D eigenvalue weighted by Crippen LogP contribution is -2.14. The second-order valence-electron chi connectivity index (χ2n) is 5.13. The van der Waals surface area contributed by atoms with Crippen LogP contribution in [0, 0.1) is 5.92 Å². The molecule has 1 aromatic carbocycles. The summed E-state index contributed by atoms with van der Waals surface area (Å²) in [4.78, 5) is 0. The molecule has 16 heavy (non-hydrogen) atoms. The third-order valence-corrected chi connectivity index (χ3v) is 4.01. The van der Waals surface area contributed by atoms with Gasteiger partial charge in [0.1, 0.15) is 0 Å². The van der Waals surface area contributed by atoms with Gasteiger partial charge in [-0.3, -0.25) is 0 Å². The monoisotopic (exact) mass is 217 g/mol. The number of aliphatic hydroxyl groups is 1. The van der Waals surface area contributed by atoms with E-state index in [4.69, 9.17) is 5.11 Å². The van der Waals surface area contributed by atoms with E-state index in [1.165, 1.54) is 24.8 Å². The van der Waals surface area contributed by atoms with Crippen molar-refractivity contribution in [1.82, 2.24) is 5.32 Å². The van der Waals surface area contributed by atoms with Gasteiger partial charge in [0.05, 0.1) is 0 Å². The van der Waals surface area contributed by atoms with Crippen LogP contribution < -0.4 is 5.32 Å². The topological polar surface area (TPSA) is 32.3 Å². The molecule has 0 bridgehead atoms. The molecule has 0 radical (unpaired) electrons. The van der Waals surface area contributed by atoms with Gasteiger partial charge >= 0.3 is 0 Å². The maximum atomic E-state index is 9.15. The summed E-state index contributed by atoms with van der Waals surface area (Å²) in [6, 6.07) is 7.40. The fraction of sp³-hybridized carbons (Fsp3) is 0.571. The average molecular weight is 217 g/mol. The molecule has 2 N–H and O–H groups in total. The zero-order valence-corrected chi connectivity index (χ0v) is 9.58. The second kappa shape index (κ2) is 4.19. The van der Waals surface area contributed by atoms with Crippen LogP contribution in [0.4, 0.5) is 0 Å². The minimum atomic E-state index is 0.314. The first-order valence-corrected chi connectivity index (χ1v) is 6.33. The van der Waals surface area contributed by atoms with Crippen LogP contribution in [0.1, 0.15) is 35.6 Å². The Hall–Kier alpha value is -0.860. The van der Waals surface area contributed by atoms with Gasteiger partial charge in [0.2, 0.25) is 0 Å². The minimum Gasteiger partial charge on any atom is -0.396 e. The second-order valence-corrected chi connectivity index (χ2v) is 5.13. The molecular formula is C14H19NO. The fourth-order valence-corrected chi connectivity index (χ4v) is 3.01. The van der Waals surface area contributed by atoms with Crippen LogP contribution in [0.25, 0.3) is 0 Å². The molecule has 0 amide bonds. The van der Waals surface area contributed by atoms with Gasteiger partial charge in [-0.15, -0.1) is 0 Å². The van der Waals surface area contributed by atoms with E-state index in [9.17, 15) is 0 Å². The van der Waals surface area contributed by atoms with Gasteiger partial charge in [-0.2, -0.15) is 0 Å². The lowest BCUT2D eigenvalue weighted by atomic mass is 9.97. The average Bonchev–Trinajstić information content (AvgIpc) is 2.96. The van der Waals surface area contributed by atoms with Crippen molar-refractivity contribution in [2.45, 2.75) is 31.7 Å². The number of hydrogen-bond acceptors (Lipinski definition) is 2. The van der Waals surface area contributed by atoms with E-state index in [1.807, 2.05) is 0 Å². The van der Waals surface area contributed by atoms with Gasteiger partial charge in [0.25, 0.3) is 0 Å². The maximum absolute atomic E-state index is 9.15. The summed E-state index contributed by atoms with van der Waals surface area (Å²) in [6.07, 6.45) is 4.90. The molecule has 0 aromatic heterocycles. The lowest BCUT2D eigenvalue weighted by molar-refractivity contribution is 0.236. The van der Waals surface area contributed by atoms with Crippen molar-refractivity contribution in [3.05, 3.63) is 34.9 Å². The van der Waals surface area contributed by atoms with E-state index < -0.39 is 0 Å². The smallest absolute Gasteiger partial charge is 0.0472 e. The van der Waals surface area contributed by atoms with Crippen LogP contribution >= 0.6 is 0 Å². The van der Waals surface area contributed by atoms with E-state index in [2.05, 4.69) is 23.5 Å². The van der Waals surface area contributed by atoms with E-state index >= 15 is 0 Å². The van der Waals surface area contributed by atoms with Gasteiger partial charge in [-0.25, -0.2) is 0 Å². The highest BCUT2D eigenvalue weighted by molar-refractivity contribution is 5.36. The van der Waals surface area contributed by atoms with Crippen molar-refractivity contribution in [2.24, 2.45) is 5.92 Å². The summed E-state index contributed by atoms with van der Waals surface area (Å²) in [6.45, 7) is 1.27. The maximum Gasteiger partial charge on any atom is 0.0472 e. The van der Waals surface area contributed by atoms with Gasteiger partial charge in [-0.05, 0) is 48.3 Å². The first-order chi connectivity index (χ1) is 7.86. The highest BCUT2D eigenvalue weighted by atomic mass is 16.3. The number of aryl methyl sites for hydroxylation is 2. The molecule has 2 nitrogen and oxygen atoms in total. The summed E-state index contributed by atoms with van der Waals surface area (Å²) in [5.41, 5.74) is 4.50. The first-order valence-electron chi connectivity index (χ1n) is 6.33. The third kappa shape index (κ3) is 1.76. The molecule has 1 fully saturated rings. The zero-order valence-electron chi connectivity index (χ0n) is 9.58. The Bertz CT molecular complexity index is 388. The summed E-state index contributed by atoms with van der Waals surface area (Å²) >= 11 is 0. The number of aliphatic hydroxyl groups excluding tert-OH is 1. The molecule has 2 unspecified atom stereocenters. The molecule has 0 saturated carbocycles. The first kappa shape index (κ1) is 10.3. The highest BCUT2D eigenvalue weighted by Crippen LogP contribution is 2.30. The molecule has 1 aliphatic heterocycles. The van der Waals surface area contributed by atoms with Crippen molar-refractivity contribution in [2.75, 3.05) is 13.2 Å². The lowest BCUT2D eigenvalue weighted by Gasteiger charge is -2.12. The Morgan fingerprint density at radius 3 is 2.94 bits per heavy atom. The van der Waals surface area contributed by atoms with Crippen molar-refractivity contribution >= 4 is 0 Å². The van der Waals surface area contributed by atoms with Crippen LogP contribution in [0.2, 0.25) is 0 Å². The summed E-state index contributed by atoms with van der Waals surface area (Å²) < 4.78 is 0. The Labute approximate surface area is 96.7 Å². The molecule has 0 spiro atoms. The number of fused-ring (bicyclic) bond motifs is 1. The Morgan fingerprint density at radius 2 is 2.12 bits per heavy atom. The number of rotatable bonds is 2. The van der Waals surface area contributed by atoms with Crippen LogP contribution in [-0.2, 0) is 12.8 Å². The largest absolute Gasteiger partial charge is 0.396 e. The predicted octanol–water partition coefficient (Wildman–Crippen LogP) is 1.82. The highest BCUT2D eigenvalue weighted by Gasteiger charge is 2.25. The number of hydrogen-bond donors (Lipinski definition) is 2. The quantitative estimate of drug-likeness (QED) is 0.792. The van der Waals surface area contributed by atoms with E-state index in [0.29, 0.717) is 18.6 Å². The molecule has 3 rings (SSSR count). The molecular weight excluding hydrogens is 198 g/mol. The van der Waals surface area contributed by atoms with Crippen LogP contribution in [-0.4, -0.2) is 18.3 Å². The molecule has 1 saturated heterocycles. The molecule has 1 aromatic rings. The molecule has 1 heterocycles. The Kier molecular flexibility index (Phi) is 2.70. The Morgan fingerprint density at radius 1 is 1.25 bits per heavy atom. The fourth-order valence-electron chi connectivity index (χ4n) is 3.01. The van der Waals surface area contributed by atoms with Crippen LogP contribution in [0.5, 0.6) is 0 Å². The zero-order chi connectivity index (χ0) is 11.0. The van der Waals surface area contributed by atoms with Crippen molar-refractivity contribution < 1.29 is 5.11 Å². The molecule has 2 aliphatic rings. The van der Waals surface area contributed by atoms with Gasteiger partial charge in [0, 0.05) is 19.2 Å². The molecule has 2 heteroatoms. The third-order valence-electron chi connectivity index (χ3n) is 4.01. The standard InChI is InChI=1S/C14H19NO/c16-9-10-6-14(15-8-10)13-5-4-11-2-1-3-12(11)7-13/h4-5,7,10,14-16H,1-3,6,8-9H2. The summed E-state index contributed by atoms with van der Waals surface area (Å²) in [7, 11) is 0. The van der Waals surface area contributed by atoms with Crippen LogP contribution in [0.3, 0.4) is 0 Å². The minimum absolute atomic E-state index is 0.314. The molecule has 1 aliphatic carbocycles. The number of nitrogens with one attached hydrogen (secondary N) is 1. The predicted molar refractivity (Wildman–Crippen MR) is 64.4 cm³/mol. The van der Waals surface area contributed by atoms with E-state index in [1.54, 1.807) is 11.1 Å². The van der Waals surface area contributed by atoms with Gasteiger partial charge in [-0.1, -0.05) is 18.2 Å². The SMILES string of the molecule is OCC1CNC(c2ccc3c(c2)CCC3)C1. The molecule has 2 atom stereocenters. The normalized spacial score (nSPS) is 28.3. The Balaban J connectivity index is 1.80. The summed E-state index contributed by atoms with van der Waals surface area (Å²) in [5, 5.41) is 12.7.